The number of carbonyl (C=O) groups is 2. The predicted molar refractivity (Wildman–Crippen MR) is 73.4 cm³/mol. The van der Waals surface area contributed by atoms with Gasteiger partial charge in [0, 0.05) is 19.5 Å². The molecular formula is C14H25N3O2. The van der Waals surface area contributed by atoms with Crippen LogP contribution in [0.5, 0.6) is 0 Å². The Morgan fingerprint density at radius 3 is 2.63 bits per heavy atom. The number of nitrogens with two attached hydrogens (primary N) is 1. The van der Waals surface area contributed by atoms with E-state index in [1.165, 1.54) is 0 Å². The van der Waals surface area contributed by atoms with Gasteiger partial charge in [-0.3, -0.25) is 9.59 Å². The highest BCUT2D eigenvalue weighted by molar-refractivity contribution is 5.85. The standard InChI is InChI=1S/C14H25N3O2/c15-11-14(7-3-4-8-14)16-12(18)10-17-9-5-1-2-6-13(17)19/h1-11,15H2,(H,16,18). The SMILES string of the molecule is NCC1(NC(=O)CN2CCCCCC2=O)CCCC1. The maximum atomic E-state index is 12.1. The summed E-state index contributed by atoms with van der Waals surface area (Å²) < 4.78 is 0. The highest BCUT2D eigenvalue weighted by Crippen LogP contribution is 2.28. The van der Waals surface area contributed by atoms with Gasteiger partial charge in [0.15, 0.2) is 0 Å². The second-order valence-electron chi connectivity index (χ2n) is 5.87. The lowest BCUT2D eigenvalue weighted by Gasteiger charge is -2.30. The minimum Gasteiger partial charge on any atom is -0.348 e. The Balaban J connectivity index is 1.87. The highest BCUT2D eigenvalue weighted by Gasteiger charge is 2.34. The molecule has 3 N–H and O–H groups in total. The van der Waals surface area contributed by atoms with Crippen LogP contribution in [0.4, 0.5) is 0 Å². The number of carbonyl (C=O) groups excluding carboxylic acids is 2. The van der Waals surface area contributed by atoms with Crippen LogP contribution in [-0.4, -0.2) is 41.9 Å². The first kappa shape index (κ1) is 14.3. The van der Waals surface area contributed by atoms with Crippen LogP contribution in [0.15, 0.2) is 0 Å². The van der Waals surface area contributed by atoms with Gasteiger partial charge in [-0.05, 0) is 25.7 Å². The van der Waals surface area contributed by atoms with Crippen molar-refractivity contribution in [1.82, 2.24) is 10.2 Å². The van der Waals surface area contributed by atoms with Crippen LogP contribution in [0.2, 0.25) is 0 Å². The van der Waals surface area contributed by atoms with Gasteiger partial charge in [-0.15, -0.1) is 0 Å². The van der Waals surface area contributed by atoms with Crippen LogP contribution in [0.3, 0.4) is 0 Å². The Morgan fingerprint density at radius 2 is 1.95 bits per heavy atom. The number of rotatable bonds is 4. The number of hydrogen-bond donors (Lipinski definition) is 2. The number of nitrogens with zero attached hydrogens (tertiary/aromatic N) is 1. The molecule has 0 aromatic rings. The number of nitrogens with one attached hydrogen (secondary N) is 1. The van der Waals surface area contributed by atoms with Gasteiger partial charge in [0.2, 0.25) is 11.8 Å². The zero-order valence-corrected chi connectivity index (χ0v) is 11.6. The molecule has 2 aliphatic rings. The average Bonchev–Trinajstić information content (AvgIpc) is 2.76. The quantitative estimate of drug-likeness (QED) is 0.790. The summed E-state index contributed by atoms with van der Waals surface area (Å²) in [5.41, 5.74) is 5.59. The third-order valence-corrected chi connectivity index (χ3v) is 4.36. The molecule has 2 rings (SSSR count). The first-order chi connectivity index (χ1) is 9.15. The van der Waals surface area contributed by atoms with Gasteiger partial charge >= 0.3 is 0 Å². The Labute approximate surface area is 114 Å². The summed E-state index contributed by atoms with van der Waals surface area (Å²) in [4.78, 5) is 25.7. The van der Waals surface area contributed by atoms with E-state index in [9.17, 15) is 9.59 Å². The number of amides is 2. The summed E-state index contributed by atoms with van der Waals surface area (Å²) in [5.74, 6) is 0.0588. The Kier molecular flexibility index (Phi) is 4.80. The summed E-state index contributed by atoms with van der Waals surface area (Å²) in [5, 5.41) is 3.07. The maximum absolute atomic E-state index is 12.1. The van der Waals surface area contributed by atoms with Crippen molar-refractivity contribution in [2.24, 2.45) is 5.73 Å². The molecule has 1 heterocycles. The summed E-state index contributed by atoms with van der Waals surface area (Å²) in [6, 6.07) is 0. The zero-order valence-electron chi connectivity index (χ0n) is 11.6. The van der Waals surface area contributed by atoms with E-state index in [-0.39, 0.29) is 23.9 Å². The van der Waals surface area contributed by atoms with E-state index in [0.717, 1.165) is 44.9 Å². The van der Waals surface area contributed by atoms with E-state index in [1.54, 1.807) is 4.90 Å². The lowest BCUT2D eigenvalue weighted by Crippen LogP contribution is -2.54. The van der Waals surface area contributed by atoms with Crippen molar-refractivity contribution >= 4 is 11.8 Å². The fourth-order valence-electron chi connectivity index (χ4n) is 3.15. The topological polar surface area (TPSA) is 75.4 Å². The van der Waals surface area contributed by atoms with Crippen molar-refractivity contribution in [3.63, 3.8) is 0 Å². The fraction of sp³-hybridized carbons (Fsp3) is 0.857. The van der Waals surface area contributed by atoms with Gasteiger partial charge in [-0.2, -0.15) is 0 Å². The molecule has 0 spiro atoms. The third kappa shape index (κ3) is 3.69. The molecule has 5 nitrogen and oxygen atoms in total. The van der Waals surface area contributed by atoms with E-state index in [2.05, 4.69) is 5.32 Å². The second-order valence-corrected chi connectivity index (χ2v) is 5.87. The monoisotopic (exact) mass is 267 g/mol. The lowest BCUT2D eigenvalue weighted by molar-refractivity contribution is -0.136. The molecule has 0 aromatic carbocycles. The molecule has 1 saturated heterocycles. The normalized spacial score (nSPS) is 23.2. The maximum Gasteiger partial charge on any atom is 0.240 e. The van der Waals surface area contributed by atoms with Crippen LogP contribution >= 0.6 is 0 Å². The fourth-order valence-corrected chi connectivity index (χ4v) is 3.15. The molecule has 5 heteroatoms. The molecule has 1 aliphatic heterocycles. The van der Waals surface area contributed by atoms with Crippen molar-refractivity contribution < 1.29 is 9.59 Å². The van der Waals surface area contributed by atoms with Gasteiger partial charge in [0.1, 0.15) is 0 Å². The Hall–Kier alpha value is -1.10. The predicted octanol–water partition coefficient (Wildman–Crippen LogP) is 0.777. The van der Waals surface area contributed by atoms with Gasteiger partial charge in [-0.1, -0.05) is 19.3 Å². The summed E-state index contributed by atoms with van der Waals surface area (Å²) in [7, 11) is 0. The smallest absolute Gasteiger partial charge is 0.240 e. The van der Waals surface area contributed by atoms with E-state index < -0.39 is 0 Å². The summed E-state index contributed by atoms with van der Waals surface area (Å²) >= 11 is 0. The molecule has 0 unspecified atom stereocenters. The minimum absolute atomic E-state index is 0.0531. The lowest BCUT2D eigenvalue weighted by atomic mass is 9.98. The molecule has 0 atom stereocenters. The van der Waals surface area contributed by atoms with E-state index in [0.29, 0.717) is 19.5 Å². The molecule has 2 amide bonds. The number of hydrogen-bond acceptors (Lipinski definition) is 3. The Bertz CT molecular complexity index is 338. The second kappa shape index (κ2) is 6.37. The Morgan fingerprint density at radius 1 is 1.21 bits per heavy atom. The van der Waals surface area contributed by atoms with Gasteiger partial charge in [-0.25, -0.2) is 0 Å². The largest absolute Gasteiger partial charge is 0.348 e. The molecule has 0 radical (unpaired) electrons. The molecule has 1 saturated carbocycles. The zero-order chi connectivity index (χ0) is 13.7. The van der Waals surface area contributed by atoms with Gasteiger partial charge < -0.3 is 16.0 Å². The molecular weight excluding hydrogens is 242 g/mol. The van der Waals surface area contributed by atoms with Crippen LogP contribution in [0, 0.1) is 0 Å². The summed E-state index contributed by atoms with van der Waals surface area (Å²) in [6.45, 7) is 1.40. The minimum atomic E-state index is -0.216. The van der Waals surface area contributed by atoms with Crippen molar-refractivity contribution in [2.45, 2.75) is 56.9 Å². The average molecular weight is 267 g/mol. The molecule has 108 valence electrons. The van der Waals surface area contributed by atoms with Crippen LogP contribution in [0.25, 0.3) is 0 Å². The summed E-state index contributed by atoms with van der Waals surface area (Å²) in [6.07, 6.45) is 7.78. The first-order valence-electron chi connectivity index (χ1n) is 7.44. The molecule has 1 aliphatic carbocycles. The molecule has 0 aromatic heterocycles. The van der Waals surface area contributed by atoms with Crippen molar-refractivity contribution in [2.75, 3.05) is 19.6 Å². The first-order valence-corrected chi connectivity index (χ1v) is 7.44. The van der Waals surface area contributed by atoms with Crippen molar-refractivity contribution in [3.05, 3.63) is 0 Å². The van der Waals surface area contributed by atoms with E-state index in [4.69, 9.17) is 5.73 Å². The third-order valence-electron chi connectivity index (χ3n) is 4.36. The van der Waals surface area contributed by atoms with Gasteiger partial charge in [0.05, 0.1) is 12.1 Å². The van der Waals surface area contributed by atoms with Crippen LogP contribution < -0.4 is 11.1 Å². The molecule has 2 fully saturated rings. The van der Waals surface area contributed by atoms with Crippen molar-refractivity contribution in [3.8, 4) is 0 Å². The van der Waals surface area contributed by atoms with E-state index >= 15 is 0 Å². The van der Waals surface area contributed by atoms with Gasteiger partial charge in [0.25, 0.3) is 0 Å². The molecule has 19 heavy (non-hydrogen) atoms. The van der Waals surface area contributed by atoms with Crippen LogP contribution in [-0.2, 0) is 9.59 Å². The van der Waals surface area contributed by atoms with E-state index in [1.807, 2.05) is 0 Å². The molecule has 0 bridgehead atoms. The van der Waals surface area contributed by atoms with Crippen LogP contribution in [0.1, 0.15) is 51.4 Å². The highest BCUT2D eigenvalue weighted by atomic mass is 16.2. The van der Waals surface area contributed by atoms with Crippen molar-refractivity contribution in [1.29, 1.82) is 0 Å². The number of likely N-dealkylation sites (tertiary alicyclic amines) is 1.